The first-order valence-corrected chi connectivity index (χ1v) is 10.3. The van der Waals surface area contributed by atoms with E-state index in [0.29, 0.717) is 5.92 Å². The van der Waals surface area contributed by atoms with Gasteiger partial charge in [-0.15, -0.1) is 0 Å². The fourth-order valence-corrected chi connectivity index (χ4v) is 4.37. The first-order chi connectivity index (χ1) is 12.6. The highest BCUT2D eigenvalue weighted by Gasteiger charge is 2.28. The molecule has 144 valence electrons. The van der Waals surface area contributed by atoms with E-state index in [0.717, 1.165) is 31.1 Å². The van der Waals surface area contributed by atoms with E-state index in [4.69, 9.17) is 4.74 Å². The Morgan fingerprint density at radius 3 is 2.69 bits per heavy atom. The van der Waals surface area contributed by atoms with Crippen molar-refractivity contribution >= 4 is 5.91 Å². The maximum Gasteiger partial charge on any atom is 0.237 e. The van der Waals surface area contributed by atoms with Gasteiger partial charge >= 0.3 is 0 Å². The zero-order valence-corrected chi connectivity index (χ0v) is 16.5. The molecule has 4 nitrogen and oxygen atoms in total. The highest BCUT2D eigenvalue weighted by Crippen LogP contribution is 2.29. The number of carbonyl (C=O) groups excluding carboxylic acids is 1. The summed E-state index contributed by atoms with van der Waals surface area (Å²) in [7, 11) is 1.69. The number of carbonyl (C=O) groups is 1. The first kappa shape index (κ1) is 19.2. The topological polar surface area (TPSA) is 50.4 Å². The number of nitrogens with one attached hydrogen (secondary N) is 2. The van der Waals surface area contributed by atoms with Crippen molar-refractivity contribution in [1.29, 1.82) is 0 Å². The van der Waals surface area contributed by atoms with Crippen LogP contribution in [-0.4, -0.2) is 25.1 Å². The van der Waals surface area contributed by atoms with Crippen LogP contribution >= 0.6 is 0 Å². The Morgan fingerprint density at radius 1 is 1.23 bits per heavy atom. The smallest absolute Gasteiger partial charge is 0.237 e. The van der Waals surface area contributed by atoms with Crippen LogP contribution in [0.3, 0.4) is 0 Å². The Hall–Kier alpha value is -1.55. The minimum absolute atomic E-state index is 0.136. The van der Waals surface area contributed by atoms with Crippen molar-refractivity contribution in [2.24, 2.45) is 11.8 Å². The highest BCUT2D eigenvalue weighted by atomic mass is 16.5. The number of hydrogen-bond acceptors (Lipinski definition) is 3. The molecule has 26 heavy (non-hydrogen) atoms. The van der Waals surface area contributed by atoms with Gasteiger partial charge in [0.25, 0.3) is 0 Å². The molecule has 3 rings (SSSR count). The normalized spacial score (nSPS) is 21.9. The van der Waals surface area contributed by atoms with Gasteiger partial charge in [-0.3, -0.25) is 4.79 Å². The summed E-state index contributed by atoms with van der Waals surface area (Å²) in [5, 5.41) is 6.77. The average Bonchev–Trinajstić information content (AvgIpc) is 2.67. The number of ether oxygens (including phenoxy) is 1. The zero-order valence-electron chi connectivity index (χ0n) is 16.5. The number of rotatable bonds is 6. The van der Waals surface area contributed by atoms with E-state index >= 15 is 0 Å². The van der Waals surface area contributed by atoms with Gasteiger partial charge in [0, 0.05) is 12.6 Å². The average molecular weight is 359 g/mol. The number of hydrogen-bond donors (Lipinski definition) is 2. The predicted molar refractivity (Wildman–Crippen MR) is 105 cm³/mol. The zero-order chi connectivity index (χ0) is 18.5. The van der Waals surface area contributed by atoms with Crippen LogP contribution in [0.5, 0.6) is 5.75 Å². The molecule has 2 atom stereocenters. The monoisotopic (exact) mass is 358 g/mol. The van der Waals surface area contributed by atoms with E-state index in [2.05, 4.69) is 36.6 Å². The van der Waals surface area contributed by atoms with Crippen molar-refractivity contribution in [2.75, 3.05) is 7.11 Å². The Kier molecular flexibility index (Phi) is 6.58. The molecule has 0 saturated heterocycles. The molecular weight excluding hydrogens is 324 g/mol. The van der Waals surface area contributed by atoms with Gasteiger partial charge in [0.2, 0.25) is 5.91 Å². The summed E-state index contributed by atoms with van der Waals surface area (Å²) in [6.07, 6.45) is 8.63. The largest absolute Gasteiger partial charge is 0.497 e. The van der Waals surface area contributed by atoms with E-state index in [1.165, 1.54) is 43.2 Å². The summed E-state index contributed by atoms with van der Waals surface area (Å²) >= 11 is 0. The lowest BCUT2D eigenvalue weighted by atomic mass is 9.82. The standard InChI is InChI=1S/C22H34N2O2/c1-15(2)20(11-16-7-5-4-6-8-16)24-22(25)21-13-17-9-10-19(26-3)12-18(17)14-23-21/h9-10,12,15-16,20-21,23H,4-8,11,13-14H2,1-3H3,(H,24,25)/t20?,21-/m1/s1. The van der Waals surface area contributed by atoms with Gasteiger partial charge in [0.1, 0.15) is 5.75 Å². The van der Waals surface area contributed by atoms with Crippen molar-refractivity contribution < 1.29 is 9.53 Å². The van der Waals surface area contributed by atoms with E-state index < -0.39 is 0 Å². The summed E-state index contributed by atoms with van der Waals surface area (Å²) in [5.41, 5.74) is 2.48. The number of benzene rings is 1. The lowest BCUT2D eigenvalue weighted by Crippen LogP contribution is -2.52. The van der Waals surface area contributed by atoms with Gasteiger partial charge in [-0.25, -0.2) is 0 Å². The Bertz CT molecular complexity index is 608. The third kappa shape index (κ3) is 4.79. The maximum atomic E-state index is 12.9. The summed E-state index contributed by atoms with van der Waals surface area (Å²) < 4.78 is 5.30. The van der Waals surface area contributed by atoms with Gasteiger partial charge in [-0.2, -0.15) is 0 Å². The van der Waals surface area contributed by atoms with Crippen LogP contribution < -0.4 is 15.4 Å². The van der Waals surface area contributed by atoms with Crippen LogP contribution in [0.15, 0.2) is 18.2 Å². The van der Waals surface area contributed by atoms with Crippen LogP contribution in [0.4, 0.5) is 0 Å². The lowest BCUT2D eigenvalue weighted by Gasteiger charge is -2.32. The molecule has 2 N–H and O–H groups in total. The SMILES string of the molecule is COc1ccc2c(c1)CN[C@@H](C(=O)NC(CC1CCCCC1)C(C)C)C2. The fourth-order valence-electron chi connectivity index (χ4n) is 4.37. The van der Waals surface area contributed by atoms with Crippen LogP contribution in [0.1, 0.15) is 63.5 Å². The minimum atomic E-state index is -0.136. The van der Waals surface area contributed by atoms with Gasteiger partial charge in [0.05, 0.1) is 13.2 Å². The molecule has 1 saturated carbocycles. The lowest BCUT2D eigenvalue weighted by molar-refractivity contribution is -0.124. The Labute approximate surface area is 158 Å². The van der Waals surface area contributed by atoms with E-state index in [1.807, 2.05) is 6.07 Å². The van der Waals surface area contributed by atoms with Gasteiger partial charge in [0.15, 0.2) is 0 Å². The summed E-state index contributed by atoms with van der Waals surface area (Å²) in [6.45, 7) is 5.17. The quantitative estimate of drug-likeness (QED) is 0.813. The summed E-state index contributed by atoms with van der Waals surface area (Å²) in [5.74, 6) is 2.28. The molecule has 0 bridgehead atoms. The summed E-state index contributed by atoms with van der Waals surface area (Å²) in [4.78, 5) is 12.9. The van der Waals surface area contributed by atoms with Crippen LogP contribution in [0, 0.1) is 11.8 Å². The molecule has 2 aliphatic rings. The minimum Gasteiger partial charge on any atom is -0.497 e. The van der Waals surface area contributed by atoms with E-state index in [1.54, 1.807) is 7.11 Å². The highest BCUT2D eigenvalue weighted by molar-refractivity contribution is 5.82. The molecule has 0 radical (unpaired) electrons. The molecule has 1 aromatic carbocycles. The first-order valence-electron chi connectivity index (χ1n) is 10.3. The van der Waals surface area contributed by atoms with Gasteiger partial charge in [-0.1, -0.05) is 52.0 Å². The molecule has 0 spiro atoms. The maximum absolute atomic E-state index is 12.9. The van der Waals surface area contributed by atoms with Gasteiger partial charge < -0.3 is 15.4 Å². The number of methoxy groups -OCH3 is 1. The molecule has 4 heteroatoms. The third-order valence-corrected chi connectivity index (χ3v) is 6.14. The van der Waals surface area contributed by atoms with Crippen molar-refractivity contribution in [3.63, 3.8) is 0 Å². The second-order valence-corrected chi connectivity index (χ2v) is 8.37. The van der Waals surface area contributed by atoms with Crippen molar-refractivity contribution in [1.82, 2.24) is 10.6 Å². The molecule has 1 aromatic rings. The van der Waals surface area contributed by atoms with Crippen LogP contribution in [-0.2, 0) is 17.8 Å². The van der Waals surface area contributed by atoms with Crippen molar-refractivity contribution in [3.05, 3.63) is 29.3 Å². The Morgan fingerprint density at radius 2 is 2.00 bits per heavy atom. The second-order valence-electron chi connectivity index (χ2n) is 8.37. The second kappa shape index (κ2) is 8.90. The van der Waals surface area contributed by atoms with Gasteiger partial charge in [-0.05, 0) is 47.9 Å². The Balaban J connectivity index is 1.58. The van der Waals surface area contributed by atoms with Crippen molar-refractivity contribution in [3.8, 4) is 5.75 Å². The molecule has 1 aliphatic carbocycles. The molecular formula is C22H34N2O2. The van der Waals surface area contributed by atoms with E-state index in [9.17, 15) is 4.79 Å². The number of amides is 1. The van der Waals surface area contributed by atoms with Crippen LogP contribution in [0.2, 0.25) is 0 Å². The predicted octanol–water partition coefficient (Wildman–Crippen LogP) is 3.82. The molecule has 1 unspecified atom stereocenters. The number of fused-ring (bicyclic) bond motifs is 1. The molecule has 0 aromatic heterocycles. The fraction of sp³-hybridized carbons (Fsp3) is 0.682. The summed E-state index contributed by atoms with van der Waals surface area (Å²) in [6, 6.07) is 6.29. The molecule has 1 aliphatic heterocycles. The molecule has 1 amide bonds. The third-order valence-electron chi connectivity index (χ3n) is 6.14. The van der Waals surface area contributed by atoms with E-state index in [-0.39, 0.29) is 18.0 Å². The van der Waals surface area contributed by atoms with Crippen LogP contribution in [0.25, 0.3) is 0 Å². The molecule has 1 fully saturated rings. The molecule has 1 heterocycles. The van der Waals surface area contributed by atoms with Crippen molar-refractivity contribution in [2.45, 2.75) is 77.4 Å².